The van der Waals surface area contributed by atoms with Crippen LogP contribution in [0.2, 0.25) is 0 Å². The number of rotatable bonds is 2. The smallest absolute Gasteiger partial charge is 0.195 e. The molecule has 2 rings (SSSR count). The zero-order valence-corrected chi connectivity index (χ0v) is 10.0. The second kappa shape index (κ2) is 4.16. The van der Waals surface area contributed by atoms with Crippen LogP contribution in [-0.4, -0.2) is 15.0 Å². The highest BCUT2D eigenvalue weighted by molar-refractivity contribution is 8.00. The van der Waals surface area contributed by atoms with Crippen molar-refractivity contribution in [2.24, 2.45) is 0 Å². The van der Waals surface area contributed by atoms with E-state index < -0.39 is 0 Å². The molecule has 0 saturated carbocycles. The lowest BCUT2D eigenvalue weighted by Gasteiger charge is -1.99. The first kappa shape index (κ1) is 10.4. The van der Waals surface area contributed by atoms with Crippen LogP contribution >= 0.6 is 23.1 Å². The van der Waals surface area contributed by atoms with Gasteiger partial charge in [-0.05, 0) is 31.7 Å². The average Bonchev–Trinajstić information content (AvgIpc) is 2.49. The normalized spacial score (nSPS) is 10.5. The summed E-state index contributed by atoms with van der Waals surface area (Å²) in [7, 11) is 0. The second-order valence-electron chi connectivity index (χ2n) is 3.06. The largest absolute Gasteiger partial charge is 0.389 e. The van der Waals surface area contributed by atoms with Gasteiger partial charge in [0, 0.05) is 11.4 Å². The molecule has 0 aliphatic carbocycles. The highest BCUT2D eigenvalue weighted by Crippen LogP contribution is 2.29. The maximum Gasteiger partial charge on any atom is 0.195 e. The fraction of sp³-hybridized carbons (Fsp3) is 0.222. The van der Waals surface area contributed by atoms with E-state index in [1.165, 1.54) is 23.1 Å². The van der Waals surface area contributed by atoms with E-state index >= 15 is 0 Å². The molecule has 0 radical (unpaired) electrons. The summed E-state index contributed by atoms with van der Waals surface area (Å²) < 4.78 is 0.873. The van der Waals surface area contributed by atoms with Gasteiger partial charge < -0.3 is 5.73 Å². The summed E-state index contributed by atoms with van der Waals surface area (Å²) in [5, 5.41) is 1.43. The van der Waals surface area contributed by atoms with E-state index in [1.54, 1.807) is 6.20 Å². The number of thiazole rings is 1. The number of hydrogen-bond acceptors (Lipinski definition) is 6. The predicted molar refractivity (Wildman–Crippen MR) is 62.2 cm³/mol. The van der Waals surface area contributed by atoms with Crippen LogP contribution in [0.25, 0.3) is 0 Å². The van der Waals surface area contributed by atoms with Crippen LogP contribution in [0, 0.1) is 13.8 Å². The van der Waals surface area contributed by atoms with Gasteiger partial charge in [0.1, 0.15) is 5.00 Å². The Morgan fingerprint density at radius 1 is 1.27 bits per heavy atom. The van der Waals surface area contributed by atoms with Crippen molar-refractivity contribution in [1.82, 2.24) is 15.0 Å². The van der Waals surface area contributed by atoms with Crippen molar-refractivity contribution in [3.8, 4) is 0 Å². The minimum absolute atomic E-state index is 0.710. The van der Waals surface area contributed by atoms with Gasteiger partial charge in [0.05, 0.1) is 6.20 Å². The Morgan fingerprint density at radius 2 is 1.93 bits per heavy atom. The van der Waals surface area contributed by atoms with Gasteiger partial charge in [0.2, 0.25) is 0 Å². The molecule has 0 aromatic carbocycles. The lowest BCUT2D eigenvalue weighted by atomic mass is 10.4. The molecule has 15 heavy (non-hydrogen) atoms. The predicted octanol–water partition coefficient (Wildman–Crippen LogP) is 2.28. The second-order valence-corrected chi connectivity index (χ2v) is 5.34. The molecule has 0 unspecified atom stereocenters. The van der Waals surface area contributed by atoms with Crippen molar-refractivity contribution < 1.29 is 0 Å². The molecule has 0 spiro atoms. The summed E-state index contributed by atoms with van der Waals surface area (Å²) in [6, 6.07) is 1.94. The van der Waals surface area contributed by atoms with Gasteiger partial charge in [-0.2, -0.15) is 0 Å². The van der Waals surface area contributed by atoms with Gasteiger partial charge in [-0.25, -0.2) is 15.0 Å². The summed E-state index contributed by atoms with van der Waals surface area (Å²) in [6.45, 7) is 3.91. The summed E-state index contributed by atoms with van der Waals surface area (Å²) in [4.78, 5) is 12.8. The standard InChI is InChI=1S/C9H10N4S2/c1-5-3-6(2)13-8(12-5)15-9-11-4-7(10)14-9/h3-4H,10H2,1-2H3. The van der Waals surface area contributed by atoms with Crippen LogP contribution in [0.5, 0.6) is 0 Å². The number of aryl methyl sites for hydroxylation is 2. The first-order valence-corrected chi connectivity index (χ1v) is 5.98. The molecule has 2 heterocycles. The zero-order valence-electron chi connectivity index (χ0n) is 8.39. The fourth-order valence-electron chi connectivity index (χ4n) is 1.13. The number of aromatic nitrogens is 3. The Balaban J connectivity index is 2.24. The van der Waals surface area contributed by atoms with E-state index in [2.05, 4.69) is 15.0 Å². The molecule has 2 N–H and O–H groups in total. The molecule has 78 valence electrons. The molecule has 4 nitrogen and oxygen atoms in total. The van der Waals surface area contributed by atoms with Crippen LogP contribution in [0.15, 0.2) is 21.8 Å². The van der Waals surface area contributed by atoms with E-state index in [-0.39, 0.29) is 0 Å². The minimum atomic E-state index is 0.710. The monoisotopic (exact) mass is 238 g/mol. The molecule has 0 fully saturated rings. The third kappa shape index (κ3) is 2.66. The van der Waals surface area contributed by atoms with Crippen LogP contribution in [0.4, 0.5) is 5.00 Å². The third-order valence-corrected chi connectivity index (χ3v) is 3.41. The summed E-state index contributed by atoms with van der Waals surface area (Å²) >= 11 is 2.89. The molecule has 0 aliphatic rings. The lowest BCUT2D eigenvalue weighted by molar-refractivity contribution is 0.901. The Hall–Kier alpha value is -1.14. The molecule has 0 bridgehead atoms. The molecule has 0 atom stereocenters. The van der Waals surface area contributed by atoms with E-state index in [0.717, 1.165) is 20.9 Å². The van der Waals surface area contributed by atoms with Crippen molar-refractivity contribution in [3.05, 3.63) is 23.7 Å². The molecule has 0 amide bonds. The Morgan fingerprint density at radius 3 is 2.47 bits per heavy atom. The first-order valence-electron chi connectivity index (χ1n) is 4.35. The van der Waals surface area contributed by atoms with Crippen molar-refractivity contribution in [2.45, 2.75) is 23.3 Å². The minimum Gasteiger partial charge on any atom is -0.389 e. The van der Waals surface area contributed by atoms with E-state index in [4.69, 9.17) is 5.73 Å². The van der Waals surface area contributed by atoms with Crippen molar-refractivity contribution >= 4 is 28.1 Å². The van der Waals surface area contributed by atoms with Crippen LogP contribution in [-0.2, 0) is 0 Å². The van der Waals surface area contributed by atoms with E-state index in [1.807, 2.05) is 19.9 Å². The van der Waals surface area contributed by atoms with Crippen LogP contribution in [0.3, 0.4) is 0 Å². The van der Waals surface area contributed by atoms with Gasteiger partial charge in [-0.15, -0.1) is 0 Å². The highest BCUT2D eigenvalue weighted by atomic mass is 32.2. The lowest BCUT2D eigenvalue weighted by Crippen LogP contribution is -1.91. The topological polar surface area (TPSA) is 64.7 Å². The number of nitrogens with two attached hydrogens (primary N) is 1. The zero-order chi connectivity index (χ0) is 10.8. The number of hydrogen-bond donors (Lipinski definition) is 1. The Labute approximate surface area is 96.0 Å². The summed E-state index contributed by atoms with van der Waals surface area (Å²) in [6.07, 6.45) is 1.65. The highest BCUT2D eigenvalue weighted by Gasteiger charge is 2.05. The van der Waals surface area contributed by atoms with Gasteiger partial charge in [-0.1, -0.05) is 11.3 Å². The van der Waals surface area contributed by atoms with E-state index in [0.29, 0.717) is 5.00 Å². The molecule has 0 aliphatic heterocycles. The van der Waals surface area contributed by atoms with Gasteiger partial charge in [-0.3, -0.25) is 0 Å². The maximum atomic E-state index is 5.59. The molecule has 2 aromatic rings. The average molecular weight is 238 g/mol. The number of nitrogen functional groups attached to an aromatic ring is 1. The van der Waals surface area contributed by atoms with Crippen LogP contribution in [0.1, 0.15) is 11.4 Å². The molecular weight excluding hydrogens is 228 g/mol. The molecule has 2 aromatic heterocycles. The number of anilines is 1. The third-order valence-electron chi connectivity index (χ3n) is 1.64. The Bertz CT molecular complexity index is 460. The van der Waals surface area contributed by atoms with Gasteiger partial charge >= 0.3 is 0 Å². The Kier molecular flexibility index (Phi) is 2.88. The molecule has 6 heteroatoms. The van der Waals surface area contributed by atoms with Crippen molar-refractivity contribution in [1.29, 1.82) is 0 Å². The summed E-state index contributed by atoms with van der Waals surface area (Å²) in [5.74, 6) is 0. The van der Waals surface area contributed by atoms with Gasteiger partial charge in [0.25, 0.3) is 0 Å². The van der Waals surface area contributed by atoms with E-state index in [9.17, 15) is 0 Å². The SMILES string of the molecule is Cc1cc(C)nc(Sc2ncc(N)s2)n1. The van der Waals surface area contributed by atoms with Crippen molar-refractivity contribution in [2.75, 3.05) is 5.73 Å². The first-order chi connectivity index (χ1) is 7.13. The van der Waals surface area contributed by atoms with Crippen molar-refractivity contribution in [3.63, 3.8) is 0 Å². The summed E-state index contributed by atoms with van der Waals surface area (Å²) in [5.41, 5.74) is 7.53. The van der Waals surface area contributed by atoms with Gasteiger partial charge in [0.15, 0.2) is 9.50 Å². The quantitative estimate of drug-likeness (QED) is 0.813. The molecule has 0 saturated heterocycles. The number of nitrogens with zero attached hydrogens (tertiary/aromatic N) is 3. The molecular formula is C9H10N4S2. The maximum absolute atomic E-state index is 5.59. The fourth-order valence-corrected chi connectivity index (χ4v) is 2.87. The van der Waals surface area contributed by atoms with Crippen LogP contribution < -0.4 is 5.73 Å².